The highest BCUT2D eigenvalue weighted by molar-refractivity contribution is 5.78. The first-order chi connectivity index (χ1) is 14.0. The summed E-state index contributed by atoms with van der Waals surface area (Å²) in [6.45, 7) is 1.89. The minimum Gasteiger partial charge on any atom is -0.497 e. The van der Waals surface area contributed by atoms with Crippen molar-refractivity contribution in [3.63, 3.8) is 0 Å². The molecular weight excluding hydrogens is 370 g/mol. The number of rotatable bonds is 8. The summed E-state index contributed by atoms with van der Waals surface area (Å²) < 4.78 is 18.2. The highest BCUT2D eigenvalue weighted by Crippen LogP contribution is 2.29. The molecule has 1 heterocycles. The van der Waals surface area contributed by atoms with Crippen LogP contribution in [0.4, 0.5) is 0 Å². The number of hydrogen-bond acceptors (Lipinski definition) is 5. The minimum absolute atomic E-state index is 0.106. The largest absolute Gasteiger partial charge is 0.497 e. The summed E-state index contributed by atoms with van der Waals surface area (Å²) in [6, 6.07) is 12.5. The van der Waals surface area contributed by atoms with Gasteiger partial charge in [0.1, 0.15) is 29.1 Å². The van der Waals surface area contributed by atoms with Crippen LogP contribution in [0.3, 0.4) is 0 Å². The molecule has 3 rings (SSSR count). The van der Waals surface area contributed by atoms with Crippen LogP contribution in [0.2, 0.25) is 0 Å². The van der Waals surface area contributed by atoms with E-state index in [1.54, 1.807) is 26.5 Å². The van der Waals surface area contributed by atoms with Crippen LogP contribution in [0.15, 0.2) is 54.9 Å². The Balaban J connectivity index is 1.82. The molecule has 7 nitrogen and oxygen atoms in total. The first kappa shape index (κ1) is 20.3. The first-order valence-corrected chi connectivity index (χ1v) is 9.19. The molecular formula is C22H25N3O4. The van der Waals surface area contributed by atoms with Gasteiger partial charge >= 0.3 is 0 Å². The van der Waals surface area contributed by atoms with Gasteiger partial charge in [-0.05, 0) is 36.8 Å². The van der Waals surface area contributed by atoms with E-state index in [4.69, 9.17) is 14.2 Å². The summed E-state index contributed by atoms with van der Waals surface area (Å²) in [5, 5.41) is 3.00. The molecule has 0 saturated carbocycles. The fourth-order valence-corrected chi connectivity index (χ4v) is 2.93. The van der Waals surface area contributed by atoms with Gasteiger partial charge < -0.3 is 24.1 Å². The quantitative estimate of drug-likeness (QED) is 0.635. The van der Waals surface area contributed by atoms with E-state index < -0.39 is 6.04 Å². The van der Waals surface area contributed by atoms with Gasteiger partial charge in [-0.2, -0.15) is 0 Å². The van der Waals surface area contributed by atoms with Gasteiger partial charge in [0.05, 0.1) is 14.2 Å². The van der Waals surface area contributed by atoms with Crippen molar-refractivity contribution < 1.29 is 19.0 Å². The molecule has 0 aliphatic carbocycles. The van der Waals surface area contributed by atoms with Crippen LogP contribution >= 0.6 is 0 Å². The molecule has 0 aliphatic heterocycles. The van der Waals surface area contributed by atoms with Gasteiger partial charge in [-0.3, -0.25) is 4.79 Å². The van der Waals surface area contributed by atoms with Crippen molar-refractivity contribution in [1.82, 2.24) is 14.9 Å². The maximum Gasteiger partial charge on any atom is 0.258 e. The van der Waals surface area contributed by atoms with Crippen LogP contribution < -0.4 is 19.5 Å². The molecule has 0 aliphatic rings. The third-order valence-corrected chi connectivity index (χ3v) is 4.52. The number of methoxy groups -OCH3 is 2. The van der Waals surface area contributed by atoms with Gasteiger partial charge in [0.15, 0.2) is 6.61 Å². The Hall–Kier alpha value is -3.48. The zero-order valence-corrected chi connectivity index (χ0v) is 17.0. The van der Waals surface area contributed by atoms with Crippen molar-refractivity contribution in [3.05, 3.63) is 71.8 Å². The van der Waals surface area contributed by atoms with E-state index in [1.165, 1.54) is 0 Å². The van der Waals surface area contributed by atoms with Crippen LogP contribution in [0.25, 0.3) is 0 Å². The summed E-state index contributed by atoms with van der Waals surface area (Å²) in [5.74, 6) is 2.32. The van der Waals surface area contributed by atoms with E-state index in [-0.39, 0.29) is 12.5 Å². The molecule has 1 unspecified atom stereocenters. The highest BCUT2D eigenvalue weighted by atomic mass is 16.5. The molecule has 1 atom stereocenters. The molecule has 0 fully saturated rings. The highest BCUT2D eigenvalue weighted by Gasteiger charge is 2.22. The molecule has 29 heavy (non-hydrogen) atoms. The van der Waals surface area contributed by atoms with Gasteiger partial charge in [0.25, 0.3) is 5.91 Å². The zero-order valence-electron chi connectivity index (χ0n) is 17.0. The average Bonchev–Trinajstić information content (AvgIpc) is 3.16. The summed E-state index contributed by atoms with van der Waals surface area (Å²) in [4.78, 5) is 17.1. The molecule has 2 aromatic carbocycles. The SMILES string of the molecule is COc1cc(OC)cc(C(NC(=O)COc2ccc(C)cc2)c2nccn2C)c1. The Labute approximate surface area is 170 Å². The van der Waals surface area contributed by atoms with Gasteiger partial charge in [-0.15, -0.1) is 0 Å². The lowest BCUT2D eigenvalue weighted by atomic mass is 10.0. The first-order valence-electron chi connectivity index (χ1n) is 9.19. The lowest BCUT2D eigenvalue weighted by Gasteiger charge is -2.20. The van der Waals surface area contributed by atoms with Crippen molar-refractivity contribution in [1.29, 1.82) is 0 Å². The number of amides is 1. The molecule has 1 aromatic heterocycles. The number of ether oxygens (including phenoxy) is 3. The monoisotopic (exact) mass is 395 g/mol. The Morgan fingerprint density at radius 2 is 1.72 bits per heavy atom. The van der Waals surface area contributed by atoms with Gasteiger partial charge in [-0.1, -0.05) is 17.7 Å². The van der Waals surface area contributed by atoms with Crippen molar-refractivity contribution in [2.45, 2.75) is 13.0 Å². The van der Waals surface area contributed by atoms with E-state index >= 15 is 0 Å². The smallest absolute Gasteiger partial charge is 0.258 e. The maximum absolute atomic E-state index is 12.6. The fraction of sp³-hybridized carbons (Fsp3) is 0.273. The standard InChI is InChI=1S/C22H25N3O4/c1-15-5-7-17(8-6-15)29-14-20(26)24-21(22-23-9-10-25(22)2)16-11-18(27-3)13-19(12-16)28-4/h5-13,21H,14H2,1-4H3,(H,24,26). The molecule has 0 spiro atoms. The fourth-order valence-electron chi connectivity index (χ4n) is 2.93. The lowest BCUT2D eigenvalue weighted by Crippen LogP contribution is -2.34. The predicted molar refractivity (Wildman–Crippen MR) is 109 cm³/mol. The van der Waals surface area contributed by atoms with Gasteiger partial charge in [0.2, 0.25) is 0 Å². The number of nitrogens with zero attached hydrogens (tertiary/aromatic N) is 2. The van der Waals surface area contributed by atoms with Crippen LogP contribution in [-0.4, -0.2) is 36.3 Å². The number of aryl methyl sites for hydroxylation is 2. The Bertz CT molecular complexity index is 944. The third-order valence-electron chi connectivity index (χ3n) is 4.52. The average molecular weight is 395 g/mol. The Morgan fingerprint density at radius 1 is 1.07 bits per heavy atom. The minimum atomic E-state index is -0.492. The molecule has 0 radical (unpaired) electrons. The molecule has 1 N–H and O–H groups in total. The van der Waals surface area contributed by atoms with Gasteiger partial charge in [0, 0.05) is 25.5 Å². The maximum atomic E-state index is 12.6. The summed E-state index contributed by atoms with van der Waals surface area (Å²) in [6.07, 6.45) is 3.52. The zero-order chi connectivity index (χ0) is 20.8. The second-order valence-electron chi connectivity index (χ2n) is 6.64. The van der Waals surface area contributed by atoms with Crippen molar-refractivity contribution in [2.24, 2.45) is 7.05 Å². The lowest BCUT2D eigenvalue weighted by molar-refractivity contribution is -0.123. The van der Waals surface area contributed by atoms with Gasteiger partial charge in [-0.25, -0.2) is 4.98 Å². The molecule has 152 valence electrons. The molecule has 7 heteroatoms. The summed E-state index contributed by atoms with van der Waals surface area (Å²) in [7, 11) is 5.05. The normalized spacial score (nSPS) is 11.6. The van der Waals surface area contributed by atoms with Crippen LogP contribution in [0.1, 0.15) is 23.0 Å². The Kier molecular flexibility index (Phi) is 6.39. The number of carbonyl (C=O) groups excluding carboxylic acids is 1. The second-order valence-corrected chi connectivity index (χ2v) is 6.64. The van der Waals surface area contributed by atoms with Crippen LogP contribution in [0, 0.1) is 6.92 Å². The summed E-state index contributed by atoms with van der Waals surface area (Å²) in [5.41, 5.74) is 1.92. The number of aromatic nitrogens is 2. The number of imidazole rings is 1. The van der Waals surface area contributed by atoms with E-state index in [0.717, 1.165) is 11.1 Å². The summed E-state index contributed by atoms with van der Waals surface area (Å²) >= 11 is 0. The molecule has 0 bridgehead atoms. The van der Waals surface area contributed by atoms with Crippen LogP contribution in [-0.2, 0) is 11.8 Å². The Morgan fingerprint density at radius 3 is 2.28 bits per heavy atom. The number of benzene rings is 2. The number of nitrogens with one attached hydrogen (secondary N) is 1. The number of carbonyl (C=O) groups is 1. The van der Waals surface area contributed by atoms with E-state index in [2.05, 4.69) is 10.3 Å². The van der Waals surface area contributed by atoms with Crippen molar-refractivity contribution >= 4 is 5.91 Å². The van der Waals surface area contributed by atoms with Crippen molar-refractivity contribution in [3.8, 4) is 17.2 Å². The van der Waals surface area contributed by atoms with E-state index in [0.29, 0.717) is 23.1 Å². The molecule has 0 saturated heterocycles. The second kappa shape index (κ2) is 9.14. The van der Waals surface area contributed by atoms with E-state index in [9.17, 15) is 4.79 Å². The third kappa shape index (κ3) is 5.07. The topological polar surface area (TPSA) is 74.6 Å². The van der Waals surface area contributed by atoms with E-state index in [1.807, 2.05) is 61.1 Å². The number of hydrogen-bond donors (Lipinski definition) is 1. The predicted octanol–water partition coefficient (Wildman–Crippen LogP) is 3.03. The van der Waals surface area contributed by atoms with Crippen LogP contribution in [0.5, 0.6) is 17.2 Å². The molecule has 3 aromatic rings. The molecule has 1 amide bonds. The van der Waals surface area contributed by atoms with Crippen molar-refractivity contribution in [2.75, 3.05) is 20.8 Å².